The standard InChI is InChI=1S/C29H23Br3O/c30-17-21-1-9-25(10-2-21)29(26-11-3-22(18-31)4-12-26,27-13-5-23(19-32)6-14-27)28-15-7-24(20-33)8-16-28/h1-16,20H,17-19H2. The van der Waals surface area contributed by atoms with Gasteiger partial charge < -0.3 is 0 Å². The average Bonchev–Trinajstić information content (AvgIpc) is 2.90. The fourth-order valence-corrected chi connectivity index (χ4v) is 5.46. The van der Waals surface area contributed by atoms with Crippen molar-refractivity contribution >= 4 is 54.1 Å². The van der Waals surface area contributed by atoms with Crippen LogP contribution in [-0.4, -0.2) is 6.29 Å². The Morgan fingerprint density at radius 2 is 0.758 bits per heavy atom. The number of hydrogen-bond donors (Lipinski definition) is 0. The second-order valence-corrected chi connectivity index (χ2v) is 9.66. The maximum Gasteiger partial charge on any atom is 0.150 e. The zero-order chi connectivity index (χ0) is 23.3. The Morgan fingerprint density at radius 3 is 1.00 bits per heavy atom. The fourth-order valence-electron chi connectivity index (χ4n) is 4.34. The van der Waals surface area contributed by atoms with Crippen molar-refractivity contribution in [3.8, 4) is 0 Å². The lowest BCUT2D eigenvalue weighted by molar-refractivity contribution is 0.112. The summed E-state index contributed by atoms with van der Waals surface area (Å²) < 4.78 is 0. The van der Waals surface area contributed by atoms with Crippen LogP contribution < -0.4 is 0 Å². The van der Waals surface area contributed by atoms with Crippen LogP contribution in [0.3, 0.4) is 0 Å². The molecule has 0 saturated carbocycles. The number of rotatable bonds is 8. The van der Waals surface area contributed by atoms with Gasteiger partial charge in [0, 0.05) is 21.6 Å². The Balaban J connectivity index is 2.06. The first kappa shape index (κ1) is 24.1. The molecule has 0 heterocycles. The molecular weight excluding hydrogens is 604 g/mol. The Bertz CT molecular complexity index is 1080. The Morgan fingerprint density at radius 1 is 0.485 bits per heavy atom. The molecule has 0 unspecified atom stereocenters. The van der Waals surface area contributed by atoms with Crippen molar-refractivity contribution < 1.29 is 4.79 Å². The third-order valence-corrected chi connectivity index (χ3v) is 8.05. The second kappa shape index (κ2) is 10.9. The van der Waals surface area contributed by atoms with Gasteiger partial charge in [-0.3, -0.25) is 4.79 Å². The van der Waals surface area contributed by atoms with Gasteiger partial charge in [-0.25, -0.2) is 0 Å². The van der Waals surface area contributed by atoms with Crippen LogP contribution in [0.1, 0.15) is 49.3 Å². The summed E-state index contributed by atoms with van der Waals surface area (Å²) in [5.74, 6) is 0. The molecule has 0 N–H and O–H groups in total. The predicted octanol–water partition coefficient (Wildman–Crippen LogP) is 8.57. The molecule has 4 aromatic carbocycles. The molecule has 0 spiro atoms. The summed E-state index contributed by atoms with van der Waals surface area (Å²) in [4.78, 5) is 11.4. The number of carbonyl (C=O) groups excluding carboxylic acids is 1. The summed E-state index contributed by atoms with van der Waals surface area (Å²) in [6.07, 6.45) is 0.895. The highest BCUT2D eigenvalue weighted by molar-refractivity contribution is 9.09. The summed E-state index contributed by atoms with van der Waals surface area (Å²) in [7, 11) is 0. The van der Waals surface area contributed by atoms with Crippen molar-refractivity contribution in [1.82, 2.24) is 0 Å². The van der Waals surface area contributed by atoms with Gasteiger partial charge in [-0.15, -0.1) is 0 Å². The molecule has 33 heavy (non-hydrogen) atoms. The quantitative estimate of drug-likeness (QED) is 0.109. The lowest BCUT2D eigenvalue weighted by Crippen LogP contribution is -2.31. The second-order valence-electron chi connectivity index (χ2n) is 7.98. The molecule has 0 fully saturated rings. The molecule has 0 atom stereocenters. The van der Waals surface area contributed by atoms with Crippen LogP contribution in [0.25, 0.3) is 0 Å². The summed E-state index contributed by atoms with van der Waals surface area (Å²) in [5.41, 5.74) is 8.51. The zero-order valence-electron chi connectivity index (χ0n) is 18.0. The van der Waals surface area contributed by atoms with Gasteiger partial charge in [0.1, 0.15) is 6.29 Å². The number of carbonyl (C=O) groups is 1. The third-order valence-electron chi connectivity index (χ3n) is 6.10. The highest BCUT2D eigenvalue weighted by atomic mass is 79.9. The SMILES string of the molecule is O=Cc1ccc(C(c2ccc(CBr)cc2)(c2ccc(CBr)cc2)c2ccc(CBr)cc2)cc1. The summed E-state index contributed by atoms with van der Waals surface area (Å²) in [5, 5.41) is 2.44. The van der Waals surface area contributed by atoms with Crippen molar-refractivity contribution in [3.05, 3.63) is 142 Å². The Kier molecular flexibility index (Phi) is 8.00. The van der Waals surface area contributed by atoms with E-state index in [9.17, 15) is 4.79 Å². The van der Waals surface area contributed by atoms with E-state index in [0.717, 1.165) is 27.8 Å². The smallest absolute Gasteiger partial charge is 0.150 e. The van der Waals surface area contributed by atoms with Crippen molar-refractivity contribution in [2.45, 2.75) is 21.4 Å². The van der Waals surface area contributed by atoms with Crippen LogP contribution >= 0.6 is 47.8 Å². The molecule has 0 saturated heterocycles. The van der Waals surface area contributed by atoms with Gasteiger partial charge >= 0.3 is 0 Å². The average molecular weight is 627 g/mol. The summed E-state index contributed by atoms with van der Waals surface area (Å²) in [6, 6.07) is 34.4. The molecule has 166 valence electrons. The molecule has 4 rings (SSSR count). The summed E-state index contributed by atoms with van der Waals surface area (Å²) in [6.45, 7) is 0. The molecule has 4 heteroatoms. The highest BCUT2D eigenvalue weighted by Crippen LogP contribution is 2.45. The van der Waals surface area contributed by atoms with E-state index in [1.807, 2.05) is 12.1 Å². The minimum atomic E-state index is -0.526. The van der Waals surface area contributed by atoms with E-state index in [0.29, 0.717) is 5.56 Å². The fraction of sp³-hybridized carbons (Fsp3) is 0.138. The van der Waals surface area contributed by atoms with Crippen molar-refractivity contribution in [2.24, 2.45) is 0 Å². The van der Waals surface area contributed by atoms with Crippen molar-refractivity contribution in [2.75, 3.05) is 0 Å². The van der Waals surface area contributed by atoms with Crippen LogP contribution in [0.15, 0.2) is 97.1 Å². The topological polar surface area (TPSA) is 17.1 Å². The number of hydrogen-bond acceptors (Lipinski definition) is 1. The van der Waals surface area contributed by atoms with Gasteiger partial charge in [-0.2, -0.15) is 0 Å². The molecule has 0 amide bonds. The minimum Gasteiger partial charge on any atom is -0.298 e. The zero-order valence-corrected chi connectivity index (χ0v) is 22.7. The molecular formula is C29H23Br3O. The first-order valence-corrected chi connectivity index (χ1v) is 14.0. The van der Waals surface area contributed by atoms with E-state index in [1.54, 1.807) is 0 Å². The molecule has 0 aliphatic heterocycles. The van der Waals surface area contributed by atoms with E-state index >= 15 is 0 Å². The lowest BCUT2D eigenvalue weighted by Gasteiger charge is -2.37. The predicted molar refractivity (Wildman–Crippen MR) is 148 cm³/mol. The molecule has 1 nitrogen and oxygen atoms in total. The van der Waals surface area contributed by atoms with Gasteiger partial charge in [-0.1, -0.05) is 145 Å². The van der Waals surface area contributed by atoms with E-state index < -0.39 is 5.41 Å². The lowest BCUT2D eigenvalue weighted by atomic mass is 9.65. The van der Waals surface area contributed by atoms with Crippen molar-refractivity contribution in [3.63, 3.8) is 0 Å². The van der Waals surface area contributed by atoms with E-state index in [-0.39, 0.29) is 0 Å². The van der Waals surface area contributed by atoms with Gasteiger partial charge in [0.15, 0.2) is 0 Å². The molecule has 0 aliphatic rings. The summed E-state index contributed by atoms with van der Waals surface area (Å²) >= 11 is 10.7. The Labute approximate surface area is 220 Å². The van der Waals surface area contributed by atoms with Gasteiger partial charge in [-0.05, 0) is 38.9 Å². The monoisotopic (exact) mass is 624 g/mol. The van der Waals surface area contributed by atoms with Crippen LogP contribution in [-0.2, 0) is 21.4 Å². The highest BCUT2D eigenvalue weighted by Gasteiger charge is 2.38. The molecule has 0 radical (unpaired) electrons. The number of alkyl halides is 3. The van der Waals surface area contributed by atoms with Gasteiger partial charge in [0.25, 0.3) is 0 Å². The van der Waals surface area contributed by atoms with Gasteiger partial charge in [0.05, 0.1) is 5.41 Å². The molecule has 0 bridgehead atoms. The molecule has 4 aromatic rings. The first-order valence-electron chi connectivity index (χ1n) is 10.7. The maximum absolute atomic E-state index is 11.4. The number of aldehydes is 1. The van der Waals surface area contributed by atoms with Crippen LogP contribution in [0, 0.1) is 0 Å². The van der Waals surface area contributed by atoms with E-state index in [2.05, 4.69) is 133 Å². The Hall–Kier alpha value is -2.01. The number of benzene rings is 4. The minimum absolute atomic E-state index is 0.526. The normalized spacial score (nSPS) is 11.4. The molecule has 0 aliphatic carbocycles. The number of halogens is 3. The van der Waals surface area contributed by atoms with E-state index in [4.69, 9.17) is 0 Å². The third kappa shape index (κ3) is 4.80. The molecule has 0 aromatic heterocycles. The maximum atomic E-state index is 11.4. The first-order chi connectivity index (χ1) is 16.1. The van der Waals surface area contributed by atoms with E-state index in [1.165, 1.54) is 33.4 Å². The van der Waals surface area contributed by atoms with Gasteiger partial charge in [0.2, 0.25) is 0 Å². The van der Waals surface area contributed by atoms with Crippen LogP contribution in [0.4, 0.5) is 0 Å². The largest absolute Gasteiger partial charge is 0.298 e. The van der Waals surface area contributed by atoms with Crippen molar-refractivity contribution in [1.29, 1.82) is 0 Å². The van der Waals surface area contributed by atoms with Crippen LogP contribution in [0.5, 0.6) is 0 Å². The van der Waals surface area contributed by atoms with Crippen LogP contribution in [0.2, 0.25) is 0 Å².